The first kappa shape index (κ1) is 10.3. The molecule has 2 N–H and O–H groups in total. The van der Waals surface area contributed by atoms with Gasteiger partial charge in [-0.25, -0.2) is 0 Å². The monoisotopic (exact) mass is 226 g/mol. The first-order valence-electron chi connectivity index (χ1n) is 4.70. The van der Waals surface area contributed by atoms with Gasteiger partial charge in [-0.2, -0.15) is 0 Å². The van der Waals surface area contributed by atoms with E-state index in [0.717, 1.165) is 0 Å². The quantitative estimate of drug-likeness (QED) is 0.815. The van der Waals surface area contributed by atoms with Gasteiger partial charge < -0.3 is 10.2 Å². The number of hydrogen-bond donors (Lipinski definition) is 2. The highest BCUT2D eigenvalue weighted by atomic mass is 35.5. The Labute approximate surface area is 92.3 Å². The summed E-state index contributed by atoms with van der Waals surface area (Å²) in [6, 6.07) is 3.19. The van der Waals surface area contributed by atoms with Crippen molar-refractivity contribution in [2.75, 3.05) is 0 Å². The van der Waals surface area contributed by atoms with Crippen LogP contribution in [0, 0.1) is 6.92 Å². The third-order valence-corrected chi connectivity index (χ3v) is 3.44. The Morgan fingerprint density at radius 2 is 2.07 bits per heavy atom. The molecule has 0 radical (unpaired) electrons. The predicted octanol–water partition coefficient (Wildman–Crippen LogP) is 2.47. The van der Waals surface area contributed by atoms with Gasteiger partial charge in [-0.05, 0) is 37.0 Å². The largest absolute Gasteiger partial charge is 0.506 e. The van der Waals surface area contributed by atoms with Crippen molar-refractivity contribution in [3.63, 3.8) is 0 Å². The van der Waals surface area contributed by atoms with E-state index < -0.39 is 11.4 Å². The van der Waals surface area contributed by atoms with Crippen LogP contribution >= 0.6 is 11.6 Å². The number of rotatable bonds is 2. The summed E-state index contributed by atoms with van der Waals surface area (Å²) in [6.07, 6.45) is 1.26. The summed E-state index contributed by atoms with van der Waals surface area (Å²) in [5.41, 5.74) is 0.570. The zero-order valence-corrected chi connectivity index (χ0v) is 9.01. The molecule has 0 atom stereocenters. The molecule has 0 bridgehead atoms. The summed E-state index contributed by atoms with van der Waals surface area (Å²) in [4.78, 5) is 11.1. The van der Waals surface area contributed by atoms with E-state index >= 15 is 0 Å². The fraction of sp³-hybridized carbons (Fsp3) is 0.364. The third kappa shape index (κ3) is 1.47. The van der Waals surface area contributed by atoms with Gasteiger partial charge in [0.25, 0.3) is 0 Å². The number of halogens is 1. The van der Waals surface area contributed by atoms with E-state index in [0.29, 0.717) is 29.0 Å². The Morgan fingerprint density at radius 1 is 1.47 bits per heavy atom. The van der Waals surface area contributed by atoms with Gasteiger partial charge in [-0.15, -0.1) is 0 Å². The second-order valence-corrected chi connectivity index (χ2v) is 4.39. The number of aromatic hydroxyl groups is 1. The molecule has 1 aliphatic rings. The Balaban J connectivity index is 2.51. The SMILES string of the molecule is Cc1cc(C2(C(=O)O)CC2)cc(O)c1Cl. The number of carbonyl (C=O) groups is 1. The summed E-state index contributed by atoms with van der Waals surface area (Å²) < 4.78 is 0. The number of phenolic OH excluding ortho intramolecular Hbond substituents is 1. The molecule has 1 fully saturated rings. The van der Waals surface area contributed by atoms with Gasteiger partial charge in [0.05, 0.1) is 10.4 Å². The minimum absolute atomic E-state index is 0.0424. The summed E-state index contributed by atoms with van der Waals surface area (Å²) in [7, 11) is 0. The summed E-state index contributed by atoms with van der Waals surface area (Å²) in [6.45, 7) is 1.75. The van der Waals surface area contributed by atoms with Crippen molar-refractivity contribution >= 4 is 17.6 Å². The topological polar surface area (TPSA) is 57.5 Å². The summed E-state index contributed by atoms with van der Waals surface area (Å²) >= 11 is 5.80. The second-order valence-electron chi connectivity index (χ2n) is 4.01. The molecule has 0 saturated heterocycles. The number of carboxylic acids is 1. The molecule has 0 aliphatic heterocycles. The van der Waals surface area contributed by atoms with E-state index in [-0.39, 0.29) is 5.75 Å². The van der Waals surface area contributed by atoms with Crippen LogP contribution in [0.5, 0.6) is 5.75 Å². The van der Waals surface area contributed by atoms with Crippen molar-refractivity contribution in [3.8, 4) is 5.75 Å². The predicted molar refractivity (Wildman–Crippen MR) is 56.4 cm³/mol. The number of phenols is 1. The lowest BCUT2D eigenvalue weighted by Gasteiger charge is -2.12. The standard InChI is InChI=1S/C11H11ClO3/c1-6-4-7(5-8(13)9(6)12)11(2-3-11)10(14)15/h4-5,13H,2-3H2,1H3,(H,14,15). The lowest BCUT2D eigenvalue weighted by atomic mass is 9.94. The summed E-state index contributed by atoms with van der Waals surface area (Å²) in [5, 5.41) is 18.9. The molecular weight excluding hydrogens is 216 g/mol. The van der Waals surface area contributed by atoms with Crippen LogP contribution in [0.1, 0.15) is 24.0 Å². The van der Waals surface area contributed by atoms with Crippen molar-refractivity contribution < 1.29 is 15.0 Å². The Morgan fingerprint density at radius 3 is 2.47 bits per heavy atom. The normalized spacial score (nSPS) is 17.5. The molecule has 1 aromatic carbocycles. The number of aliphatic carboxylic acids is 1. The lowest BCUT2D eigenvalue weighted by molar-refractivity contribution is -0.140. The number of aryl methyl sites for hydroxylation is 1. The van der Waals surface area contributed by atoms with Crippen LogP contribution in [-0.2, 0) is 10.2 Å². The van der Waals surface area contributed by atoms with Crippen LogP contribution in [-0.4, -0.2) is 16.2 Å². The van der Waals surface area contributed by atoms with Gasteiger partial charge >= 0.3 is 5.97 Å². The fourth-order valence-corrected chi connectivity index (χ4v) is 1.89. The Hall–Kier alpha value is -1.22. The highest BCUT2D eigenvalue weighted by Crippen LogP contribution is 2.50. The molecule has 0 aromatic heterocycles. The van der Waals surface area contributed by atoms with Crippen LogP contribution in [0.15, 0.2) is 12.1 Å². The fourth-order valence-electron chi connectivity index (χ4n) is 1.78. The minimum Gasteiger partial charge on any atom is -0.506 e. The zero-order valence-electron chi connectivity index (χ0n) is 8.25. The van der Waals surface area contributed by atoms with Crippen LogP contribution < -0.4 is 0 Å². The van der Waals surface area contributed by atoms with Crippen LogP contribution in [0.3, 0.4) is 0 Å². The van der Waals surface area contributed by atoms with Crippen LogP contribution in [0.2, 0.25) is 5.02 Å². The maximum absolute atomic E-state index is 11.1. The van der Waals surface area contributed by atoms with Gasteiger partial charge in [0.15, 0.2) is 0 Å². The van der Waals surface area contributed by atoms with E-state index in [9.17, 15) is 9.90 Å². The molecule has 1 saturated carbocycles. The minimum atomic E-state index is -0.830. The number of benzene rings is 1. The molecule has 0 heterocycles. The molecule has 1 aliphatic carbocycles. The van der Waals surface area contributed by atoms with E-state index in [4.69, 9.17) is 16.7 Å². The van der Waals surface area contributed by atoms with E-state index in [2.05, 4.69) is 0 Å². The molecule has 0 spiro atoms. The van der Waals surface area contributed by atoms with Crippen LogP contribution in [0.25, 0.3) is 0 Å². The molecule has 3 nitrogen and oxygen atoms in total. The maximum Gasteiger partial charge on any atom is 0.314 e. The highest BCUT2D eigenvalue weighted by molar-refractivity contribution is 6.32. The average Bonchev–Trinajstić information content (AvgIpc) is 2.93. The lowest BCUT2D eigenvalue weighted by Crippen LogP contribution is -2.19. The van der Waals surface area contributed by atoms with E-state index in [1.54, 1.807) is 13.0 Å². The number of hydrogen-bond acceptors (Lipinski definition) is 2. The van der Waals surface area contributed by atoms with Gasteiger partial charge in [0, 0.05) is 0 Å². The molecular formula is C11H11ClO3. The first-order valence-corrected chi connectivity index (χ1v) is 5.08. The van der Waals surface area contributed by atoms with E-state index in [1.165, 1.54) is 6.07 Å². The van der Waals surface area contributed by atoms with Crippen molar-refractivity contribution in [3.05, 3.63) is 28.3 Å². The molecule has 0 unspecified atom stereocenters. The van der Waals surface area contributed by atoms with Crippen LogP contribution in [0.4, 0.5) is 0 Å². The molecule has 80 valence electrons. The molecule has 4 heteroatoms. The molecule has 2 rings (SSSR count). The first-order chi connectivity index (χ1) is 6.97. The third-order valence-electron chi connectivity index (χ3n) is 2.95. The average molecular weight is 227 g/mol. The smallest absolute Gasteiger partial charge is 0.314 e. The Kier molecular flexibility index (Phi) is 2.15. The highest BCUT2D eigenvalue weighted by Gasteiger charge is 2.52. The van der Waals surface area contributed by atoms with Crippen molar-refractivity contribution in [2.24, 2.45) is 0 Å². The Bertz CT molecular complexity index is 412. The van der Waals surface area contributed by atoms with E-state index in [1.807, 2.05) is 0 Å². The second kappa shape index (κ2) is 3.14. The molecule has 15 heavy (non-hydrogen) atoms. The van der Waals surface area contributed by atoms with Gasteiger partial charge in [0.2, 0.25) is 0 Å². The summed E-state index contributed by atoms with van der Waals surface area (Å²) in [5.74, 6) is -0.872. The molecule has 0 amide bonds. The van der Waals surface area contributed by atoms with Gasteiger partial charge in [-0.1, -0.05) is 17.7 Å². The van der Waals surface area contributed by atoms with Gasteiger partial charge in [-0.3, -0.25) is 4.79 Å². The number of carboxylic acid groups (broad SMARTS) is 1. The van der Waals surface area contributed by atoms with Crippen molar-refractivity contribution in [1.82, 2.24) is 0 Å². The van der Waals surface area contributed by atoms with Crippen molar-refractivity contribution in [1.29, 1.82) is 0 Å². The van der Waals surface area contributed by atoms with Crippen molar-refractivity contribution in [2.45, 2.75) is 25.2 Å². The van der Waals surface area contributed by atoms with Gasteiger partial charge in [0.1, 0.15) is 5.75 Å². The maximum atomic E-state index is 11.1. The zero-order chi connectivity index (χ0) is 11.2. The molecule has 1 aromatic rings.